The van der Waals surface area contributed by atoms with Crippen LogP contribution in [0.4, 0.5) is 0 Å². The second-order valence-electron chi connectivity index (χ2n) is 9.43. The van der Waals surface area contributed by atoms with Gasteiger partial charge < -0.3 is 20.4 Å². The Morgan fingerprint density at radius 2 is 1.82 bits per heavy atom. The maximum Gasteiger partial charge on any atom is 0.352 e. The predicted molar refractivity (Wildman–Crippen MR) is 149 cm³/mol. The Balaban J connectivity index is 1.22. The summed E-state index contributed by atoms with van der Waals surface area (Å²) >= 11 is 2.82. The fourth-order valence-corrected chi connectivity index (χ4v) is 6.89. The van der Waals surface area contributed by atoms with E-state index in [1.165, 1.54) is 28.4 Å². The molecular weight excluding hydrogens is 538 g/mol. The molecule has 3 N–H and O–H groups in total. The molecule has 0 spiro atoms. The van der Waals surface area contributed by atoms with E-state index in [2.05, 4.69) is 5.32 Å². The Labute approximate surface area is 233 Å². The molecule has 3 amide bonds. The van der Waals surface area contributed by atoms with Gasteiger partial charge in [-0.1, -0.05) is 42.5 Å². The van der Waals surface area contributed by atoms with Gasteiger partial charge in [0.25, 0.3) is 5.91 Å². The van der Waals surface area contributed by atoms with Crippen molar-refractivity contribution in [3.63, 3.8) is 0 Å². The molecule has 0 unspecified atom stereocenters. The van der Waals surface area contributed by atoms with E-state index in [9.17, 15) is 29.4 Å². The second kappa shape index (κ2) is 11.6. The third kappa shape index (κ3) is 5.84. The van der Waals surface area contributed by atoms with Crippen LogP contribution >= 0.6 is 23.5 Å². The van der Waals surface area contributed by atoms with Gasteiger partial charge in [0.2, 0.25) is 11.8 Å². The minimum absolute atomic E-state index is 0.134. The zero-order chi connectivity index (χ0) is 27.5. The number of hydrogen-bond donors (Lipinski definition) is 3. The molecule has 0 aliphatic carbocycles. The molecule has 5 rings (SSSR count). The fraction of sp³-hybridized carbons (Fsp3) is 0.286. The van der Waals surface area contributed by atoms with Gasteiger partial charge in [0.15, 0.2) is 0 Å². The van der Waals surface area contributed by atoms with Crippen LogP contribution in [0.2, 0.25) is 0 Å². The van der Waals surface area contributed by atoms with E-state index in [0.29, 0.717) is 42.2 Å². The highest BCUT2D eigenvalue weighted by Gasteiger charge is 2.54. The Kier molecular flexibility index (Phi) is 7.99. The van der Waals surface area contributed by atoms with Crippen molar-refractivity contribution < 1.29 is 29.4 Å². The molecule has 9 nitrogen and oxygen atoms in total. The molecule has 3 aliphatic heterocycles. The lowest BCUT2D eigenvalue weighted by molar-refractivity contribution is -0.150. The van der Waals surface area contributed by atoms with Crippen molar-refractivity contribution in [3.05, 3.63) is 88.6 Å². The quantitative estimate of drug-likeness (QED) is 0.313. The number of likely N-dealkylation sites (tertiary alicyclic amines) is 1. The molecule has 0 saturated carbocycles. The Hall–Kier alpha value is -3.70. The molecular formula is C28H27N3O6S2. The third-order valence-corrected chi connectivity index (χ3v) is 9.04. The number of carboxylic acids is 1. The topological polar surface area (TPSA) is 127 Å². The lowest BCUT2D eigenvalue weighted by atomic mass is 10.0. The summed E-state index contributed by atoms with van der Waals surface area (Å²) in [5.41, 5.74) is 2.75. The Bertz CT molecular complexity index is 1360. The van der Waals surface area contributed by atoms with E-state index in [-0.39, 0.29) is 29.0 Å². The molecule has 0 radical (unpaired) electrons. The number of phenolic OH excluding ortho intramolecular Hbond substituents is 1. The van der Waals surface area contributed by atoms with E-state index in [4.69, 9.17) is 0 Å². The van der Waals surface area contributed by atoms with Crippen molar-refractivity contribution in [2.75, 3.05) is 18.1 Å². The predicted octanol–water partition coefficient (Wildman–Crippen LogP) is 2.72. The number of aromatic hydroxyl groups is 1. The summed E-state index contributed by atoms with van der Waals surface area (Å²) in [4.78, 5) is 53.5. The molecule has 202 valence electrons. The standard InChI is InChI=1S/C28H27N3O6S2/c32-21-8-6-17(7-9-21)13-30-11-10-19(25(30)34)12-20-15-39-27-23(26(35)31(27)24(20)28(36)37)29-22(33)16-38-14-18-4-2-1-3-5-18/h1-9,12,23,27,32H,10-11,13-16H2,(H,29,33)(H,36,37)/t23-,27-/m1/s1. The van der Waals surface area contributed by atoms with E-state index in [1.54, 1.807) is 35.2 Å². The van der Waals surface area contributed by atoms with Gasteiger partial charge in [0.1, 0.15) is 22.9 Å². The number of phenols is 1. The summed E-state index contributed by atoms with van der Waals surface area (Å²) in [6, 6.07) is 15.6. The normalized spacial score (nSPS) is 21.7. The van der Waals surface area contributed by atoms with E-state index >= 15 is 0 Å². The number of thioether (sulfide) groups is 2. The van der Waals surface area contributed by atoms with Crippen molar-refractivity contribution in [3.8, 4) is 5.75 Å². The Morgan fingerprint density at radius 1 is 1.08 bits per heavy atom. The van der Waals surface area contributed by atoms with Crippen molar-refractivity contribution in [2.24, 2.45) is 0 Å². The number of aliphatic carboxylic acids is 1. The smallest absolute Gasteiger partial charge is 0.352 e. The summed E-state index contributed by atoms with van der Waals surface area (Å²) in [6.07, 6.45) is 2.07. The van der Waals surface area contributed by atoms with Gasteiger partial charge in [-0.05, 0) is 41.3 Å². The third-order valence-electron chi connectivity index (χ3n) is 6.73. The molecule has 2 aromatic rings. The monoisotopic (exact) mass is 565 g/mol. The van der Waals surface area contributed by atoms with E-state index in [0.717, 1.165) is 11.1 Å². The van der Waals surface area contributed by atoms with Crippen LogP contribution in [0.15, 0.2) is 77.5 Å². The Morgan fingerprint density at radius 3 is 2.54 bits per heavy atom. The maximum atomic E-state index is 13.0. The molecule has 2 fully saturated rings. The zero-order valence-electron chi connectivity index (χ0n) is 20.9. The van der Waals surface area contributed by atoms with Gasteiger partial charge in [-0.3, -0.25) is 19.3 Å². The molecule has 11 heteroatoms. The lowest BCUT2D eigenvalue weighted by Gasteiger charge is -2.49. The van der Waals surface area contributed by atoms with Gasteiger partial charge in [0.05, 0.1) is 5.75 Å². The summed E-state index contributed by atoms with van der Waals surface area (Å²) in [6.45, 7) is 0.879. The number of nitrogens with one attached hydrogen (secondary N) is 1. The van der Waals surface area contributed by atoms with Crippen LogP contribution in [0.1, 0.15) is 17.5 Å². The summed E-state index contributed by atoms with van der Waals surface area (Å²) in [5, 5.41) is 21.7. The number of fused-ring (bicyclic) bond motifs is 1. The van der Waals surface area contributed by atoms with E-state index < -0.39 is 23.3 Å². The van der Waals surface area contributed by atoms with Gasteiger partial charge in [0, 0.05) is 30.2 Å². The summed E-state index contributed by atoms with van der Waals surface area (Å²) in [5.74, 6) is -0.834. The van der Waals surface area contributed by atoms with Gasteiger partial charge in [-0.2, -0.15) is 0 Å². The number of carboxylic acid groups (broad SMARTS) is 1. The highest BCUT2D eigenvalue weighted by Crippen LogP contribution is 2.41. The zero-order valence-corrected chi connectivity index (χ0v) is 22.5. The first-order chi connectivity index (χ1) is 18.8. The summed E-state index contributed by atoms with van der Waals surface area (Å²) < 4.78 is 0. The van der Waals surface area contributed by atoms with Crippen molar-refractivity contribution in [1.82, 2.24) is 15.1 Å². The average Bonchev–Trinajstić information content (AvgIpc) is 3.27. The van der Waals surface area contributed by atoms with Crippen LogP contribution < -0.4 is 5.32 Å². The number of benzene rings is 2. The molecule has 2 aromatic carbocycles. The van der Waals surface area contributed by atoms with Crippen molar-refractivity contribution in [2.45, 2.75) is 30.1 Å². The van der Waals surface area contributed by atoms with E-state index in [1.807, 2.05) is 30.3 Å². The maximum absolute atomic E-state index is 13.0. The SMILES string of the molecule is O=C(CSCc1ccccc1)N[C@@H]1C(=O)N2C(C(=O)O)=C(C=C3CCN(Cc4ccc(O)cc4)C3=O)CS[C@H]12. The fourth-order valence-electron chi connectivity index (χ4n) is 4.79. The summed E-state index contributed by atoms with van der Waals surface area (Å²) in [7, 11) is 0. The van der Waals surface area contributed by atoms with Crippen LogP contribution in [0.3, 0.4) is 0 Å². The molecule has 0 aromatic heterocycles. The second-order valence-corrected chi connectivity index (χ2v) is 11.5. The number of β-lactam (4-membered cyclic amide) rings is 1. The molecule has 2 saturated heterocycles. The van der Waals surface area contributed by atoms with Gasteiger partial charge >= 0.3 is 5.97 Å². The van der Waals surface area contributed by atoms with Crippen LogP contribution in [-0.4, -0.2) is 73.2 Å². The molecule has 39 heavy (non-hydrogen) atoms. The highest BCUT2D eigenvalue weighted by molar-refractivity contribution is 8.00. The first-order valence-electron chi connectivity index (χ1n) is 12.4. The molecule has 3 heterocycles. The van der Waals surface area contributed by atoms with Gasteiger partial charge in [-0.15, -0.1) is 23.5 Å². The largest absolute Gasteiger partial charge is 0.508 e. The molecule has 2 atom stereocenters. The minimum atomic E-state index is -1.24. The van der Waals surface area contributed by atoms with Gasteiger partial charge in [-0.25, -0.2) is 4.79 Å². The van der Waals surface area contributed by atoms with Crippen LogP contribution in [-0.2, 0) is 31.5 Å². The van der Waals surface area contributed by atoms with Crippen LogP contribution in [0.5, 0.6) is 5.75 Å². The number of carbonyl (C=O) groups excluding carboxylic acids is 3. The lowest BCUT2D eigenvalue weighted by Crippen LogP contribution is -2.70. The van der Waals surface area contributed by atoms with Crippen molar-refractivity contribution in [1.29, 1.82) is 0 Å². The van der Waals surface area contributed by atoms with Crippen LogP contribution in [0, 0.1) is 0 Å². The van der Waals surface area contributed by atoms with Crippen LogP contribution in [0.25, 0.3) is 0 Å². The first kappa shape index (κ1) is 26.9. The molecule has 3 aliphatic rings. The number of allylic oxidation sites excluding steroid dienone is 1. The number of amides is 3. The molecule has 0 bridgehead atoms. The number of rotatable bonds is 9. The minimum Gasteiger partial charge on any atom is -0.508 e. The van der Waals surface area contributed by atoms with Crippen molar-refractivity contribution >= 4 is 47.2 Å². The first-order valence-corrected chi connectivity index (χ1v) is 14.6. The number of nitrogens with zero attached hydrogens (tertiary/aromatic N) is 2. The number of carbonyl (C=O) groups is 4. The number of hydrogen-bond acceptors (Lipinski definition) is 7. The average molecular weight is 566 g/mol. The highest BCUT2D eigenvalue weighted by atomic mass is 32.2.